The molecule has 29 heavy (non-hydrogen) atoms. The molecule has 1 aromatic carbocycles. The highest BCUT2D eigenvalue weighted by Crippen LogP contribution is 2.50. The van der Waals surface area contributed by atoms with Crippen LogP contribution < -0.4 is 0 Å². The van der Waals surface area contributed by atoms with E-state index in [4.69, 9.17) is 16.1 Å². The van der Waals surface area contributed by atoms with Gasteiger partial charge in [0.15, 0.2) is 5.76 Å². The molecule has 5 rings (SSSR count). The fraction of sp³-hybridized carbons (Fsp3) is 0.429. The Labute approximate surface area is 178 Å². The standard InChI is InChI=1S/C21H21ClN4O2S/c1-13-11-17(28-24-13)19-18(23-25-29-19)14-3-2-10-26(12-14)20(27)21(8-9-21)15-4-6-16(22)7-5-15/h4-7,11,14H,2-3,8-10,12H2,1H3. The monoisotopic (exact) mass is 428 g/mol. The van der Waals surface area contributed by atoms with Crippen LogP contribution in [0.2, 0.25) is 5.02 Å². The van der Waals surface area contributed by atoms with Crippen molar-refractivity contribution in [3.63, 3.8) is 0 Å². The summed E-state index contributed by atoms with van der Waals surface area (Å²) in [6, 6.07) is 9.63. The van der Waals surface area contributed by atoms with Crippen LogP contribution in [0.25, 0.3) is 10.6 Å². The molecule has 0 bridgehead atoms. The largest absolute Gasteiger partial charge is 0.355 e. The summed E-state index contributed by atoms with van der Waals surface area (Å²) in [4.78, 5) is 16.4. The summed E-state index contributed by atoms with van der Waals surface area (Å²) in [5, 5.41) is 9.07. The highest BCUT2D eigenvalue weighted by Gasteiger charge is 2.53. The number of hydrogen-bond acceptors (Lipinski definition) is 6. The Morgan fingerprint density at radius 2 is 2.10 bits per heavy atom. The summed E-state index contributed by atoms with van der Waals surface area (Å²) in [6.07, 6.45) is 3.74. The fourth-order valence-corrected chi connectivity index (χ4v) is 5.14. The number of piperidine rings is 1. The second-order valence-electron chi connectivity index (χ2n) is 8.00. The van der Waals surface area contributed by atoms with E-state index in [1.54, 1.807) is 0 Å². The van der Waals surface area contributed by atoms with E-state index in [1.807, 2.05) is 42.2 Å². The van der Waals surface area contributed by atoms with Crippen molar-refractivity contribution in [2.24, 2.45) is 0 Å². The third kappa shape index (κ3) is 3.36. The van der Waals surface area contributed by atoms with E-state index < -0.39 is 0 Å². The van der Waals surface area contributed by atoms with E-state index in [0.717, 1.165) is 54.1 Å². The molecule has 0 N–H and O–H groups in total. The Hall–Kier alpha value is -2.25. The zero-order valence-electron chi connectivity index (χ0n) is 16.1. The van der Waals surface area contributed by atoms with E-state index in [9.17, 15) is 4.79 Å². The first-order valence-electron chi connectivity index (χ1n) is 9.88. The highest BCUT2D eigenvalue weighted by atomic mass is 35.5. The van der Waals surface area contributed by atoms with Crippen molar-refractivity contribution in [2.75, 3.05) is 13.1 Å². The number of aryl methyl sites for hydroxylation is 1. The Balaban J connectivity index is 1.37. The van der Waals surface area contributed by atoms with Crippen LogP contribution in [0.1, 0.15) is 48.6 Å². The maximum absolute atomic E-state index is 13.5. The van der Waals surface area contributed by atoms with Crippen molar-refractivity contribution >= 4 is 29.0 Å². The van der Waals surface area contributed by atoms with Gasteiger partial charge >= 0.3 is 0 Å². The maximum Gasteiger partial charge on any atom is 0.233 e. The molecule has 3 aromatic rings. The van der Waals surface area contributed by atoms with Crippen molar-refractivity contribution < 1.29 is 9.32 Å². The predicted octanol–water partition coefficient (Wildman–Crippen LogP) is 4.59. The predicted molar refractivity (Wildman–Crippen MR) is 111 cm³/mol. The van der Waals surface area contributed by atoms with Crippen LogP contribution in [0.4, 0.5) is 0 Å². The fourth-order valence-electron chi connectivity index (χ4n) is 4.31. The molecule has 0 radical (unpaired) electrons. The zero-order chi connectivity index (χ0) is 20.0. The lowest BCUT2D eigenvalue weighted by molar-refractivity contribution is -0.135. The van der Waals surface area contributed by atoms with Crippen LogP contribution in [0.5, 0.6) is 0 Å². The molecule has 150 valence electrons. The van der Waals surface area contributed by atoms with E-state index >= 15 is 0 Å². The number of likely N-dealkylation sites (tertiary alicyclic amines) is 1. The molecule has 1 saturated carbocycles. The van der Waals surface area contributed by atoms with E-state index in [-0.39, 0.29) is 17.2 Å². The average Bonchev–Trinajstić information content (AvgIpc) is 3.18. The van der Waals surface area contributed by atoms with Gasteiger partial charge in [0.25, 0.3) is 0 Å². The molecular formula is C21H21ClN4O2S. The number of hydrogen-bond donors (Lipinski definition) is 0. The number of amides is 1. The van der Waals surface area contributed by atoms with Gasteiger partial charge in [0.2, 0.25) is 5.91 Å². The van der Waals surface area contributed by atoms with Gasteiger partial charge in [-0.2, -0.15) is 0 Å². The molecule has 1 unspecified atom stereocenters. The number of nitrogens with zero attached hydrogens (tertiary/aromatic N) is 4. The molecule has 1 atom stereocenters. The SMILES string of the molecule is Cc1cc(-c2snnc2C2CCCN(C(=O)C3(c4ccc(Cl)cc4)CC3)C2)on1. The third-order valence-electron chi connectivity index (χ3n) is 6.02. The summed E-state index contributed by atoms with van der Waals surface area (Å²) < 4.78 is 9.59. The molecule has 2 aromatic heterocycles. The van der Waals surface area contributed by atoms with Gasteiger partial charge < -0.3 is 9.42 Å². The number of halogens is 1. The summed E-state index contributed by atoms with van der Waals surface area (Å²) in [5.41, 5.74) is 2.44. The highest BCUT2D eigenvalue weighted by molar-refractivity contribution is 7.09. The van der Waals surface area contributed by atoms with E-state index in [2.05, 4.69) is 14.7 Å². The Bertz CT molecular complexity index is 1040. The molecule has 3 heterocycles. The molecule has 1 aliphatic carbocycles. The summed E-state index contributed by atoms with van der Waals surface area (Å²) in [5.74, 6) is 1.09. The minimum atomic E-state index is -0.377. The number of rotatable bonds is 4. The van der Waals surface area contributed by atoms with Crippen LogP contribution in [0, 0.1) is 6.92 Å². The van der Waals surface area contributed by atoms with Crippen LogP contribution in [-0.4, -0.2) is 38.6 Å². The minimum Gasteiger partial charge on any atom is -0.355 e. The summed E-state index contributed by atoms with van der Waals surface area (Å²) in [7, 11) is 0. The van der Waals surface area contributed by atoms with Gasteiger partial charge in [-0.1, -0.05) is 33.4 Å². The summed E-state index contributed by atoms with van der Waals surface area (Å²) in [6.45, 7) is 3.35. The van der Waals surface area contributed by atoms with Crippen LogP contribution in [-0.2, 0) is 10.2 Å². The van der Waals surface area contributed by atoms with Gasteiger partial charge in [0, 0.05) is 30.1 Å². The number of carbonyl (C=O) groups excluding carboxylic acids is 1. The third-order valence-corrected chi connectivity index (χ3v) is 7.02. The lowest BCUT2D eigenvalue weighted by Gasteiger charge is -2.35. The number of benzene rings is 1. The zero-order valence-corrected chi connectivity index (χ0v) is 17.7. The molecule has 1 saturated heterocycles. The lowest BCUT2D eigenvalue weighted by Crippen LogP contribution is -2.44. The Kier molecular flexibility index (Phi) is 4.67. The second kappa shape index (κ2) is 7.22. The van der Waals surface area contributed by atoms with Gasteiger partial charge in [-0.05, 0) is 61.8 Å². The van der Waals surface area contributed by atoms with Gasteiger partial charge in [0.05, 0.1) is 16.8 Å². The molecular weight excluding hydrogens is 408 g/mol. The molecule has 1 aliphatic heterocycles. The van der Waals surface area contributed by atoms with Crippen molar-refractivity contribution in [3.8, 4) is 10.6 Å². The molecule has 6 nitrogen and oxygen atoms in total. The second-order valence-corrected chi connectivity index (χ2v) is 9.19. The first kappa shape index (κ1) is 18.8. The van der Waals surface area contributed by atoms with E-state index in [1.165, 1.54) is 11.5 Å². The van der Waals surface area contributed by atoms with Crippen LogP contribution in [0.3, 0.4) is 0 Å². The van der Waals surface area contributed by atoms with Crippen LogP contribution >= 0.6 is 23.1 Å². The van der Waals surface area contributed by atoms with Crippen molar-refractivity contribution in [2.45, 2.75) is 43.9 Å². The average molecular weight is 429 g/mol. The Morgan fingerprint density at radius 1 is 1.31 bits per heavy atom. The minimum absolute atomic E-state index is 0.160. The first-order valence-corrected chi connectivity index (χ1v) is 11.0. The number of carbonyl (C=O) groups is 1. The quantitative estimate of drug-likeness (QED) is 0.607. The first-order chi connectivity index (χ1) is 14.1. The van der Waals surface area contributed by atoms with Gasteiger partial charge in [-0.15, -0.1) is 5.10 Å². The van der Waals surface area contributed by atoms with Gasteiger partial charge in [-0.25, -0.2) is 0 Å². The topological polar surface area (TPSA) is 72.1 Å². The van der Waals surface area contributed by atoms with Crippen molar-refractivity contribution in [3.05, 3.63) is 52.3 Å². The number of aromatic nitrogens is 3. The van der Waals surface area contributed by atoms with Crippen molar-refractivity contribution in [1.29, 1.82) is 0 Å². The summed E-state index contributed by atoms with van der Waals surface area (Å²) >= 11 is 7.36. The molecule has 2 fully saturated rings. The van der Waals surface area contributed by atoms with Gasteiger partial charge in [0.1, 0.15) is 4.88 Å². The molecule has 2 aliphatic rings. The molecule has 8 heteroatoms. The van der Waals surface area contributed by atoms with Crippen LogP contribution in [0.15, 0.2) is 34.9 Å². The van der Waals surface area contributed by atoms with Crippen molar-refractivity contribution in [1.82, 2.24) is 19.6 Å². The Morgan fingerprint density at radius 3 is 2.79 bits per heavy atom. The molecule has 1 amide bonds. The van der Waals surface area contributed by atoms with E-state index in [0.29, 0.717) is 17.3 Å². The molecule has 0 spiro atoms. The van der Waals surface area contributed by atoms with Gasteiger partial charge in [-0.3, -0.25) is 4.79 Å². The smallest absolute Gasteiger partial charge is 0.233 e. The maximum atomic E-state index is 13.5. The normalized spacial score (nSPS) is 20.6. The lowest BCUT2D eigenvalue weighted by atomic mass is 9.90.